The van der Waals surface area contributed by atoms with Gasteiger partial charge in [0.25, 0.3) is 0 Å². The molecule has 0 aromatic rings. The van der Waals surface area contributed by atoms with Crippen molar-refractivity contribution in [3.63, 3.8) is 0 Å². The molecule has 0 spiro atoms. The Hall–Kier alpha value is -2.12. The van der Waals surface area contributed by atoms with E-state index in [1.54, 1.807) is 13.0 Å². The van der Waals surface area contributed by atoms with Crippen LogP contribution in [-0.2, 0) is 19.2 Å². The molecule has 0 bridgehead atoms. The van der Waals surface area contributed by atoms with Gasteiger partial charge in [0.2, 0.25) is 0 Å². The van der Waals surface area contributed by atoms with Gasteiger partial charge in [0.1, 0.15) is 11.6 Å². The smallest absolute Gasteiger partial charge is 0.306 e. The standard InChI is InChI=1S/C30H42O7/c1-15(10-17(31)11-16(2)26(36)37)18-12-23(35)30(7)25-19(32)13-21-27(3,4)22(34)8-9-28(21,5)24(25)20(33)14-29(18,30)6/h10,16-19,21,31-32H,8-9,11-14H2,1-7H3,(H,36,37)/b15-10+/t16-,17-,18-,19+,21+,28+,29-,30+/m0/s1. The number of carboxylic acid groups (broad SMARTS) is 1. The molecule has 0 aliphatic heterocycles. The molecule has 4 rings (SSSR count). The molecule has 4 aliphatic carbocycles. The molecule has 0 aromatic carbocycles. The van der Waals surface area contributed by atoms with Gasteiger partial charge in [0.15, 0.2) is 5.78 Å². The van der Waals surface area contributed by atoms with Gasteiger partial charge in [0, 0.05) is 35.7 Å². The number of aliphatic hydroxyl groups excluding tert-OH is 2. The van der Waals surface area contributed by atoms with E-state index in [9.17, 15) is 34.5 Å². The predicted octanol–water partition coefficient (Wildman–Crippen LogP) is 4.05. The molecule has 2 saturated carbocycles. The average Bonchev–Trinajstić information content (AvgIpc) is 2.99. The van der Waals surface area contributed by atoms with Crippen molar-refractivity contribution in [1.29, 1.82) is 0 Å². The van der Waals surface area contributed by atoms with E-state index in [4.69, 9.17) is 0 Å². The molecule has 8 atom stereocenters. The zero-order valence-corrected chi connectivity index (χ0v) is 23.2. The third-order valence-electron chi connectivity index (χ3n) is 11.1. The fraction of sp³-hybridized carbons (Fsp3) is 0.733. The van der Waals surface area contributed by atoms with Crippen LogP contribution >= 0.6 is 0 Å². The SMILES string of the molecule is C/C(=C\[C@H](O)C[C@H](C)C(=O)O)[C@@H]1CC(=O)[C@]2(C)C3=C(C(=O)C[C@@]12C)[C@]1(C)CCC(=O)C(C)(C)[C@H]1C[C@H]3O. The summed E-state index contributed by atoms with van der Waals surface area (Å²) >= 11 is 0. The Bertz CT molecular complexity index is 1130. The van der Waals surface area contributed by atoms with Gasteiger partial charge in [-0.3, -0.25) is 19.2 Å². The second-order valence-electron chi connectivity index (χ2n) is 13.4. The first kappa shape index (κ1) is 27.9. The summed E-state index contributed by atoms with van der Waals surface area (Å²) in [5.74, 6) is -2.13. The number of rotatable bonds is 5. The van der Waals surface area contributed by atoms with Crippen molar-refractivity contribution in [3.05, 3.63) is 22.8 Å². The van der Waals surface area contributed by atoms with Crippen molar-refractivity contribution >= 4 is 23.3 Å². The molecule has 3 N–H and O–H groups in total. The molecule has 0 radical (unpaired) electrons. The molecule has 204 valence electrons. The normalized spacial score (nSPS) is 41.2. The lowest BCUT2D eigenvalue weighted by molar-refractivity contribution is -0.146. The summed E-state index contributed by atoms with van der Waals surface area (Å²) in [6.07, 6.45) is 1.31. The monoisotopic (exact) mass is 514 g/mol. The minimum atomic E-state index is -1.05. The lowest BCUT2D eigenvalue weighted by atomic mass is 9.42. The molecule has 0 amide bonds. The second-order valence-corrected chi connectivity index (χ2v) is 13.4. The van der Waals surface area contributed by atoms with Gasteiger partial charge >= 0.3 is 5.97 Å². The Balaban J connectivity index is 1.80. The van der Waals surface area contributed by atoms with Crippen LogP contribution in [0.1, 0.15) is 87.0 Å². The van der Waals surface area contributed by atoms with Crippen LogP contribution in [-0.4, -0.2) is 50.8 Å². The molecular formula is C30H42O7. The number of hydrogen-bond donors (Lipinski definition) is 3. The fourth-order valence-electron chi connectivity index (χ4n) is 8.66. The van der Waals surface area contributed by atoms with Crippen molar-refractivity contribution in [3.8, 4) is 0 Å². The van der Waals surface area contributed by atoms with Crippen molar-refractivity contribution in [2.45, 2.75) is 99.2 Å². The number of hydrogen-bond acceptors (Lipinski definition) is 6. The summed E-state index contributed by atoms with van der Waals surface area (Å²) in [7, 11) is 0. The van der Waals surface area contributed by atoms with Crippen LogP contribution in [0.3, 0.4) is 0 Å². The van der Waals surface area contributed by atoms with E-state index in [1.807, 2.05) is 41.5 Å². The number of fused-ring (bicyclic) bond motifs is 4. The Morgan fingerprint density at radius 1 is 1.11 bits per heavy atom. The molecule has 7 nitrogen and oxygen atoms in total. The number of carbonyl (C=O) groups excluding carboxylic acids is 3. The molecule has 7 heteroatoms. The van der Waals surface area contributed by atoms with Gasteiger partial charge in [0.05, 0.1) is 23.5 Å². The van der Waals surface area contributed by atoms with E-state index in [0.717, 1.165) is 5.57 Å². The largest absolute Gasteiger partial charge is 0.481 e. The minimum absolute atomic E-state index is 0.0200. The third kappa shape index (κ3) is 3.75. The first-order chi connectivity index (χ1) is 16.9. The molecule has 2 fully saturated rings. The summed E-state index contributed by atoms with van der Waals surface area (Å²) < 4.78 is 0. The highest BCUT2D eigenvalue weighted by Crippen LogP contribution is 2.70. The zero-order valence-electron chi connectivity index (χ0n) is 23.2. The number of carbonyl (C=O) groups is 4. The van der Waals surface area contributed by atoms with Gasteiger partial charge in [-0.15, -0.1) is 0 Å². The fourth-order valence-corrected chi connectivity index (χ4v) is 8.66. The first-order valence-corrected chi connectivity index (χ1v) is 13.5. The Morgan fingerprint density at radius 3 is 2.32 bits per heavy atom. The van der Waals surface area contributed by atoms with Crippen molar-refractivity contribution < 1.29 is 34.5 Å². The molecule has 4 aliphatic rings. The van der Waals surface area contributed by atoms with E-state index in [2.05, 4.69) is 0 Å². The van der Waals surface area contributed by atoms with Gasteiger partial charge in [-0.25, -0.2) is 0 Å². The van der Waals surface area contributed by atoms with Crippen LogP contribution < -0.4 is 0 Å². The maximum absolute atomic E-state index is 14.0. The van der Waals surface area contributed by atoms with Crippen LogP contribution in [0.25, 0.3) is 0 Å². The van der Waals surface area contributed by atoms with Gasteiger partial charge < -0.3 is 15.3 Å². The van der Waals surface area contributed by atoms with Crippen LogP contribution in [0, 0.1) is 39.4 Å². The van der Waals surface area contributed by atoms with Crippen molar-refractivity contribution in [1.82, 2.24) is 0 Å². The zero-order chi connectivity index (χ0) is 27.9. The summed E-state index contributed by atoms with van der Waals surface area (Å²) in [4.78, 5) is 52.0. The van der Waals surface area contributed by atoms with Crippen LogP contribution in [0.4, 0.5) is 0 Å². The summed E-state index contributed by atoms with van der Waals surface area (Å²) in [6, 6.07) is 0. The maximum Gasteiger partial charge on any atom is 0.306 e. The lowest BCUT2D eigenvalue weighted by Crippen LogP contribution is -2.59. The Morgan fingerprint density at radius 2 is 1.73 bits per heavy atom. The van der Waals surface area contributed by atoms with E-state index >= 15 is 0 Å². The number of allylic oxidation sites excluding steroid dienone is 2. The lowest BCUT2D eigenvalue weighted by Gasteiger charge is -2.60. The highest BCUT2D eigenvalue weighted by molar-refractivity contribution is 6.05. The van der Waals surface area contributed by atoms with Crippen LogP contribution in [0.2, 0.25) is 0 Å². The highest BCUT2D eigenvalue weighted by atomic mass is 16.4. The number of carboxylic acids is 1. The third-order valence-corrected chi connectivity index (χ3v) is 11.1. The average molecular weight is 515 g/mol. The molecule has 0 unspecified atom stereocenters. The number of aliphatic carboxylic acids is 1. The first-order valence-electron chi connectivity index (χ1n) is 13.5. The molecular weight excluding hydrogens is 472 g/mol. The Kier molecular flexibility index (Phi) is 6.56. The van der Waals surface area contributed by atoms with E-state index in [1.165, 1.54) is 0 Å². The topological polar surface area (TPSA) is 129 Å². The molecule has 0 aromatic heterocycles. The summed E-state index contributed by atoms with van der Waals surface area (Å²) in [5.41, 5.74) is -1.20. The minimum Gasteiger partial charge on any atom is -0.481 e. The molecule has 0 saturated heterocycles. The van der Waals surface area contributed by atoms with E-state index in [-0.39, 0.29) is 48.4 Å². The van der Waals surface area contributed by atoms with Gasteiger partial charge in [-0.05, 0) is 55.9 Å². The second kappa shape index (κ2) is 8.70. The number of ketones is 3. The van der Waals surface area contributed by atoms with Crippen LogP contribution in [0.15, 0.2) is 22.8 Å². The number of aliphatic hydroxyl groups is 2. The van der Waals surface area contributed by atoms with Crippen LogP contribution in [0.5, 0.6) is 0 Å². The van der Waals surface area contributed by atoms with E-state index < -0.39 is 45.8 Å². The van der Waals surface area contributed by atoms with Gasteiger partial charge in [-0.1, -0.05) is 46.3 Å². The maximum atomic E-state index is 14.0. The summed E-state index contributed by atoms with van der Waals surface area (Å²) in [5, 5.41) is 31.3. The Labute approximate surface area is 219 Å². The van der Waals surface area contributed by atoms with Crippen molar-refractivity contribution in [2.24, 2.45) is 39.4 Å². The predicted molar refractivity (Wildman–Crippen MR) is 137 cm³/mol. The molecule has 37 heavy (non-hydrogen) atoms. The highest BCUT2D eigenvalue weighted by Gasteiger charge is 2.70. The van der Waals surface area contributed by atoms with Crippen molar-refractivity contribution in [2.75, 3.05) is 0 Å². The summed E-state index contributed by atoms with van der Waals surface area (Å²) in [6.45, 7) is 13.1. The number of Topliss-reactive ketones (excluding diaryl/α,β-unsaturated/α-hetero) is 3. The molecule has 0 heterocycles. The quantitative estimate of drug-likeness (QED) is 0.472. The van der Waals surface area contributed by atoms with Gasteiger partial charge in [-0.2, -0.15) is 0 Å². The van der Waals surface area contributed by atoms with E-state index in [0.29, 0.717) is 30.4 Å².